The van der Waals surface area contributed by atoms with Crippen molar-refractivity contribution < 1.29 is 24.3 Å². The summed E-state index contributed by atoms with van der Waals surface area (Å²) in [6.45, 7) is 1.75. The van der Waals surface area contributed by atoms with Crippen LogP contribution in [0.3, 0.4) is 0 Å². The van der Waals surface area contributed by atoms with Crippen molar-refractivity contribution >= 4 is 34.7 Å². The molecule has 4 aliphatic carbocycles. The fourth-order valence-electron chi connectivity index (χ4n) is 8.13. The fourth-order valence-corrected chi connectivity index (χ4v) is 8.13. The van der Waals surface area contributed by atoms with Crippen LogP contribution in [0.15, 0.2) is 72.9 Å². The topological polar surface area (TPSA) is 152 Å². The highest BCUT2D eigenvalue weighted by Gasteiger charge is 2.49. The minimum Gasteiger partial charge on any atom is -0.478 e. The number of fused-ring (bicyclic) bond motifs is 1. The van der Waals surface area contributed by atoms with Gasteiger partial charge < -0.3 is 31.4 Å². The number of aromatic amines is 1. The highest BCUT2D eigenvalue weighted by atomic mass is 16.4. The third-order valence-electron chi connectivity index (χ3n) is 10.00. The highest BCUT2D eigenvalue weighted by molar-refractivity contribution is 5.94. The van der Waals surface area contributed by atoms with Gasteiger partial charge in [-0.3, -0.25) is 9.59 Å². The van der Waals surface area contributed by atoms with Gasteiger partial charge in [-0.15, -0.1) is 0 Å². The molecule has 0 saturated heterocycles. The molecule has 6 N–H and O–H groups in total. The molecule has 4 amide bonds. The van der Waals surface area contributed by atoms with Crippen LogP contribution in [0.2, 0.25) is 0 Å². The van der Waals surface area contributed by atoms with Gasteiger partial charge in [-0.1, -0.05) is 48.5 Å². The van der Waals surface area contributed by atoms with Crippen molar-refractivity contribution in [2.24, 2.45) is 23.7 Å². The molecule has 236 valence electrons. The molecule has 7 rings (SSSR count). The second-order valence-corrected chi connectivity index (χ2v) is 13.3. The minimum absolute atomic E-state index is 0.0256. The van der Waals surface area contributed by atoms with Crippen molar-refractivity contribution in [1.29, 1.82) is 0 Å². The number of urea groups is 1. The normalized spacial score (nSPS) is 25.4. The van der Waals surface area contributed by atoms with E-state index < -0.39 is 29.4 Å². The van der Waals surface area contributed by atoms with Crippen LogP contribution in [-0.2, 0) is 20.8 Å². The first-order chi connectivity index (χ1) is 21.7. The number of carbonyl (C=O) groups excluding carboxylic acids is 3. The molecule has 4 fully saturated rings. The minimum atomic E-state index is -1.32. The smallest absolute Gasteiger partial charge is 0.328 e. The Hall–Kier alpha value is -4.60. The van der Waals surface area contributed by atoms with Gasteiger partial charge in [0.15, 0.2) is 0 Å². The number of carboxylic acid groups (broad SMARTS) is 1. The Morgan fingerprint density at radius 2 is 1.60 bits per heavy atom. The van der Waals surface area contributed by atoms with E-state index in [1.807, 2.05) is 60.8 Å². The van der Waals surface area contributed by atoms with Crippen LogP contribution >= 0.6 is 0 Å². The van der Waals surface area contributed by atoms with Crippen LogP contribution in [0, 0.1) is 23.7 Å². The van der Waals surface area contributed by atoms with E-state index in [9.17, 15) is 19.2 Å². The van der Waals surface area contributed by atoms with Gasteiger partial charge in [0.1, 0.15) is 5.54 Å². The number of rotatable bonds is 11. The van der Waals surface area contributed by atoms with Crippen molar-refractivity contribution in [3.63, 3.8) is 0 Å². The van der Waals surface area contributed by atoms with Crippen molar-refractivity contribution in [2.45, 2.75) is 63.1 Å². The molecule has 0 radical (unpaired) electrons. The van der Waals surface area contributed by atoms with Gasteiger partial charge in [0, 0.05) is 48.3 Å². The lowest BCUT2D eigenvalue weighted by atomic mass is 9.54. The Morgan fingerprint density at radius 1 is 0.933 bits per heavy atom. The van der Waals surface area contributed by atoms with Gasteiger partial charge in [-0.2, -0.15) is 0 Å². The molecule has 4 aliphatic rings. The molecule has 0 aliphatic heterocycles. The second kappa shape index (κ2) is 12.8. The summed E-state index contributed by atoms with van der Waals surface area (Å²) in [5.41, 5.74) is 1.25. The summed E-state index contributed by atoms with van der Waals surface area (Å²) in [7, 11) is 0. The first kappa shape index (κ1) is 30.4. The Balaban J connectivity index is 1.20. The van der Waals surface area contributed by atoms with Crippen LogP contribution in [0.1, 0.15) is 56.2 Å². The van der Waals surface area contributed by atoms with Gasteiger partial charge in [-0.25, -0.2) is 9.59 Å². The third-order valence-corrected chi connectivity index (χ3v) is 10.00. The van der Waals surface area contributed by atoms with Crippen LogP contribution in [0.5, 0.6) is 0 Å². The molecule has 45 heavy (non-hydrogen) atoms. The number of aliphatic carboxylic acids is 1. The largest absolute Gasteiger partial charge is 0.478 e. The lowest BCUT2D eigenvalue weighted by Crippen LogP contribution is -2.64. The van der Waals surface area contributed by atoms with E-state index in [2.05, 4.69) is 26.3 Å². The first-order valence-corrected chi connectivity index (χ1v) is 15.9. The number of benzene rings is 2. The first-order valence-electron chi connectivity index (χ1n) is 15.9. The summed E-state index contributed by atoms with van der Waals surface area (Å²) < 4.78 is 0. The van der Waals surface area contributed by atoms with Crippen LogP contribution in [-0.4, -0.2) is 52.0 Å². The van der Waals surface area contributed by atoms with E-state index in [4.69, 9.17) is 5.11 Å². The summed E-state index contributed by atoms with van der Waals surface area (Å²) in [4.78, 5) is 54.4. The zero-order chi connectivity index (χ0) is 31.6. The SMILES string of the molecule is C[C@](Cc1c[nH]c2ccccc12)(NC(=O)NC1C2CC3CC(C2)CC1C3)C(=O)NC[C@H](NC(=O)/C=C/C(=O)O)c1ccccc1. The highest BCUT2D eigenvalue weighted by Crippen LogP contribution is 2.53. The average molecular weight is 612 g/mol. The Morgan fingerprint density at radius 3 is 2.29 bits per heavy atom. The standard InChI is InChI=1S/C35H41N5O5/c1-35(18-26-19-36-28-10-6-5-9-27(26)28,40-34(45)39-32-24-14-21-13-22(16-24)17-25(32)15-21)33(44)37-20-29(23-7-3-2-4-8-23)38-30(41)11-12-31(42)43/h2-12,19,21-22,24-25,29,32,36H,13-18,20H2,1H3,(H,37,44)(H,38,41)(H,42,43)(H2,39,40,45)/b12-11+/t21?,22?,24?,25?,29-,32?,35+/m0/s1. The number of nitrogens with one attached hydrogen (secondary N) is 5. The number of aromatic nitrogens is 1. The molecule has 1 aromatic heterocycles. The molecule has 10 nitrogen and oxygen atoms in total. The van der Waals surface area contributed by atoms with Crippen LogP contribution in [0.25, 0.3) is 10.9 Å². The van der Waals surface area contributed by atoms with E-state index in [0.29, 0.717) is 11.8 Å². The van der Waals surface area contributed by atoms with Crippen molar-refractivity contribution in [3.05, 3.63) is 84.1 Å². The number of amides is 4. The Bertz CT molecular complexity index is 1570. The van der Waals surface area contributed by atoms with Gasteiger partial charge in [0.25, 0.3) is 0 Å². The van der Waals surface area contributed by atoms with E-state index in [-0.39, 0.29) is 25.0 Å². The van der Waals surface area contributed by atoms with Crippen LogP contribution in [0.4, 0.5) is 4.79 Å². The van der Waals surface area contributed by atoms with E-state index in [1.54, 1.807) is 6.92 Å². The lowest BCUT2D eigenvalue weighted by Gasteiger charge is -2.54. The summed E-state index contributed by atoms with van der Waals surface area (Å²) >= 11 is 0. The maximum Gasteiger partial charge on any atom is 0.328 e. The quantitative estimate of drug-likeness (QED) is 0.180. The third kappa shape index (κ3) is 6.90. The molecule has 3 aromatic rings. The molecule has 4 bridgehead atoms. The summed E-state index contributed by atoms with van der Waals surface area (Å²) in [6, 6.07) is 16.1. The number of para-hydroxylation sites is 1. The van der Waals surface area contributed by atoms with E-state index >= 15 is 0 Å². The zero-order valence-corrected chi connectivity index (χ0v) is 25.4. The summed E-state index contributed by atoms with van der Waals surface area (Å²) in [5, 5.41) is 22.0. The average Bonchev–Trinajstić information content (AvgIpc) is 3.42. The van der Waals surface area contributed by atoms with Crippen molar-refractivity contribution in [2.75, 3.05) is 6.54 Å². The molecule has 1 heterocycles. The number of hydrogen-bond donors (Lipinski definition) is 6. The monoisotopic (exact) mass is 611 g/mol. The number of hydrogen-bond acceptors (Lipinski definition) is 4. The zero-order valence-electron chi connectivity index (χ0n) is 25.4. The molecule has 0 spiro atoms. The molecule has 2 aromatic carbocycles. The molecular weight excluding hydrogens is 570 g/mol. The molecule has 2 atom stereocenters. The fraction of sp³-hybridized carbons (Fsp3) is 0.429. The Labute approximate surface area is 262 Å². The second-order valence-electron chi connectivity index (χ2n) is 13.3. The Kier molecular flexibility index (Phi) is 8.65. The van der Waals surface area contributed by atoms with Gasteiger partial charge in [-0.05, 0) is 79.9 Å². The molecule has 0 unspecified atom stereocenters. The predicted molar refractivity (Wildman–Crippen MR) is 170 cm³/mol. The van der Waals surface area contributed by atoms with Crippen LogP contribution < -0.4 is 21.3 Å². The maximum absolute atomic E-state index is 14.1. The maximum atomic E-state index is 14.1. The van der Waals surface area contributed by atoms with E-state index in [1.165, 1.54) is 32.1 Å². The van der Waals surface area contributed by atoms with E-state index in [0.717, 1.165) is 46.0 Å². The van der Waals surface area contributed by atoms with Gasteiger partial charge in [0.2, 0.25) is 11.8 Å². The molecule has 4 saturated carbocycles. The number of carboxylic acids is 1. The molecular formula is C35H41N5O5. The lowest BCUT2D eigenvalue weighted by molar-refractivity contribution is -0.131. The van der Waals surface area contributed by atoms with Gasteiger partial charge in [0.05, 0.1) is 6.04 Å². The van der Waals surface area contributed by atoms with Crippen molar-refractivity contribution in [3.8, 4) is 0 Å². The summed E-state index contributed by atoms with van der Waals surface area (Å²) in [5.74, 6) is 0.311. The van der Waals surface area contributed by atoms with Gasteiger partial charge >= 0.3 is 12.0 Å². The predicted octanol–water partition coefficient (Wildman–Crippen LogP) is 4.21. The molecule has 10 heteroatoms. The number of carbonyl (C=O) groups is 4. The summed E-state index contributed by atoms with van der Waals surface area (Å²) in [6.07, 6.45) is 9.81. The number of H-pyrrole nitrogens is 1. The van der Waals surface area contributed by atoms with Crippen molar-refractivity contribution in [1.82, 2.24) is 26.3 Å².